The molecule has 11 rings (SSSR count). The van der Waals surface area contributed by atoms with E-state index in [1.807, 2.05) is 0 Å². The molecule has 0 aliphatic heterocycles. The van der Waals surface area contributed by atoms with Crippen LogP contribution in [0.4, 0.5) is 0 Å². The van der Waals surface area contributed by atoms with E-state index in [9.17, 15) is 0 Å². The van der Waals surface area contributed by atoms with Crippen molar-refractivity contribution in [3.63, 3.8) is 0 Å². The van der Waals surface area contributed by atoms with E-state index in [0.717, 1.165) is 88.6 Å². The molecule has 4 nitrogen and oxygen atoms in total. The van der Waals surface area contributed by atoms with Gasteiger partial charge in [-0.25, -0.2) is 19.9 Å². The lowest BCUT2D eigenvalue weighted by atomic mass is 10.0. The van der Waals surface area contributed by atoms with Gasteiger partial charge in [0.15, 0.2) is 0 Å². The molecule has 0 unspecified atom stereocenters. The van der Waals surface area contributed by atoms with E-state index >= 15 is 0 Å². The van der Waals surface area contributed by atoms with E-state index < -0.39 is 0 Å². The smallest absolute Gasteiger partial charge is 0.0972 e. The topological polar surface area (TPSA) is 51.6 Å². The molecule has 0 spiro atoms. The Kier molecular flexibility index (Phi) is 6.82. The molecule has 0 saturated carbocycles. The van der Waals surface area contributed by atoms with Crippen LogP contribution in [-0.4, -0.2) is 19.9 Å². The van der Waals surface area contributed by atoms with Gasteiger partial charge in [-0.1, -0.05) is 158 Å². The van der Waals surface area contributed by atoms with Crippen molar-refractivity contribution in [1.82, 2.24) is 19.9 Å². The maximum Gasteiger partial charge on any atom is 0.0972 e. The molecular formula is C50H30N4. The van der Waals surface area contributed by atoms with Crippen molar-refractivity contribution in [3.05, 3.63) is 182 Å². The summed E-state index contributed by atoms with van der Waals surface area (Å²) in [5.41, 5.74) is 11.6. The SMILES string of the molecule is c1ccc2c(-c3ccc4ccc5ccc(-c6ccc(-c7ccc8ccc9ccc(-c%10cccc%11ccccc%10%11)nc9c8n7)cc6)nc5c4n3)cccc2c1. The summed E-state index contributed by atoms with van der Waals surface area (Å²) >= 11 is 0. The first kappa shape index (κ1) is 30.3. The van der Waals surface area contributed by atoms with E-state index in [4.69, 9.17) is 19.9 Å². The molecule has 4 aromatic heterocycles. The Bertz CT molecular complexity index is 3040. The number of hydrogen-bond donors (Lipinski definition) is 0. The van der Waals surface area contributed by atoms with Crippen LogP contribution in [0.25, 0.3) is 110 Å². The standard InChI is InChI=1S/C50H30N4/c1-3-11-39-31(7-1)9-5-13-41(39)45-29-25-37-21-19-35-23-27-43(51-47(35)49(37)53-45)33-15-17-34(18-16-33)44-28-24-36-20-22-38-26-30-46(54-50(38)48(36)52-44)42-14-6-10-32-8-2-4-12-40(32)42/h1-30H. The molecule has 0 N–H and O–H groups in total. The molecule has 0 atom stereocenters. The summed E-state index contributed by atoms with van der Waals surface area (Å²) in [5, 5.41) is 9.06. The first-order valence-electron chi connectivity index (χ1n) is 18.2. The maximum atomic E-state index is 5.22. The third-order valence-electron chi connectivity index (χ3n) is 10.6. The van der Waals surface area contributed by atoms with Crippen LogP contribution >= 0.6 is 0 Å². The number of rotatable bonds is 4. The van der Waals surface area contributed by atoms with E-state index in [-0.39, 0.29) is 0 Å². The molecule has 0 saturated heterocycles. The van der Waals surface area contributed by atoms with Crippen molar-refractivity contribution in [2.45, 2.75) is 0 Å². The summed E-state index contributed by atoms with van der Waals surface area (Å²) in [6.45, 7) is 0. The third-order valence-corrected chi connectivity index (χ3v) is 10.6. The Balaban J connectivity index is 0.970. The Hall–Kier alpha value is -7.30. The van der Waals surface area contributed by atoms with Gasteiger partial charge in [-0.15, -0.1) is 0 Å². The molecule has 54 heavy (non-hydrogen) atoms. The van der Waals surface area contributed by atoms with E-state index in [2.05, 4.69) is 182 Å². The van der Waals surface area contributed by atoms with Crippen molar-refractivity contribution >= 4 is 65.2 Å². The lowest BCUT2D eigenvalue weighted by molar-refractivity contribution is 1.36. The minimum absolute atomic E-state index is 0.898. The Morgan fingerprint density at radius 2 is 0.537 bits per heavy atom. The fourth-order valence-electron chi connectivity index (χ4n) is 7.87. The Morgan fingerprint density at radius 3 is 0.944 bits per heavy atom. The van der Waals surface area contributed by atoms with Crippen molar-refractivity contribution in [2.75, 3.05) is 0 Å². The average molecular weight is 687 g/mol. The second-order valence-electron chi connectivity index (χ2n) is 13.8. The average Bonchev–Trinajstić information content (AvgIpc) is 3.25. The highest BCUT2D eigenvalue weighted by molar-refractivity contribution is 6.07. The van der Waals surface area contributed by atoms with Crippen molar-refractivity contribution in [3.8, 4) is 45.0 Å². The number of aromatic nitrogens is 4. The highest BCUT2D eigenvalue weighted by Gasteiger charge is 2.13. The summed E-state index contributed by atoms with van der Waals surface area (Å²) in [4.78, 5) is 20.9. The van der Waals surface area contributed by atoms with Crippen molar-refractivity contribution in [2.24, 2.45) is 0 Å². The largest absolute Gasteiger partial charge is 0.245 e. The van der Waals surface area contributed by atoms with Crippen molar-refractivity contribution < 1.29 is 0 Å². The summed E-state index contributed by atoms with van der Waals surface area (Å²) < 4.78 is 0. The van der Waals surface area contributed by atoms with Crippen LogP contribution in [0.5, 0.6) is 0 Å². The van der Waals surface area contributed by atoms with Crippen molar-refractivity contribution in [1.29, 1.82) is 0 Å². The fraction of sp³-hybridized carbons (Fsp3) is 0. The summed E-state index contributed by atoms with van der Waals surface area (Å²) in [7, 11) is 0. The first-order valence-corrected chi connectivity index (χ1v) is 18.2. The van der Waals surface area contributed by atoms with Gasteiger partial charge < -0.3 is 0 Å². The summed E-state index contributed by atoms with van der Waals surface area (Å²) in [6.07, 6.45) is 0. The second kappa shape index (κ2) is 12.1. The van der Waals surface area contributed by atoms with Gasteiger partial charge in [-0.05, 0) is 45.8 Å². The lowest BCUT2D eigenvalue weighted by Crippen LogP contribution is -1.92. The van der Waals surface area contributed by atoms with Crippen LogP contribution in [0, 0.1) is 0 Å². The van der Waals surface area contributed by atoms with Gasteiger partial charge >= 0.3 is 0 Å². The van der Waals surface area contributed by atoms with Crippen LogP contribution in [0.3, 0.4) is 0 Å². The highest BCUT2D eigenvalue weighted by Crippen LogP contribution is 2.34. The van der Waals surface area contributed by atoms with Crippen LogP contribution in [0.15, 0.2) is 182 Å². The van der Waals surface area contributed by atoms with E-state index in [0.29, 0.717) is 0 Å². The number of hydrogen-bond acceptors (Lipinski definition) is 4. The zero-order chi connectivity index (χ0) is 35.6. The predicted molar refractivity (Wildman–Crippen MR) is 224 cm³/mol. The molecule has 0 aliphatic rings. The Morgan fingerprint density at radius 1 is 0.222 bits per heavy atom. The number of benzene rings is 7. The van der Waals surface area contributed by atoms with E-state index in [1.165, 1.54) is 21.5 Å². The van der Waals surface area contributed by atoms with E-state index in [1.54, 1.807) is 0 Å². The van der Waals surface area contributed by atoms with Crippen LogP contribution in [-0.2, 0) is 0 Å². The van der Waals surface area contributed by atoms with Crippen LogP contribution in [0.1, 0.15) is 0 Å². The predicted octanol–water partition coefficient (Wildman–Crippen LogP) is 12.9. The molecule has 250 valence electrons. The number of nitrogens with zero attached hydrogens (tertiary/aromatic N) is 4. The van der Waals surface area contributed by atoms with Gasteiger partial charge in [0, 0.05) is 43.8 Å². The number of fused-ring (bicyclic) bond motifs is 8. The molecule has 0 bridgehead atoms. The lowest BCUT2D eigenvalue weighted by Gasteiger charge is -2.11. The summed E-state index contributed by atoms with van der Waals surface area (Å²) in [5.74, 6) is 0. The van der Waals surface area contributed by atoms with Gasteiger partial charge in [0.25, 0.3) is 0 Å². The van der Waals surface area contributed by atoms with Gasteiger partial charge in [-0.2, -0.15) is 0 Å². The molecule has 0 aliphatic carbocycles. The Labute approximate surface area is 311 Å². The minimum atomic E-state index is 0.898. The quantitative estimate of drug-likeness (QED) is 0.173. The maximum absolute atomic E-state index is 5.22. The second-order valence-corrected chi connectivity index (χ2v) is 13.8. The molecule has 0 radical (unpaired) electrons. The zero-order valence-corrected chi connectivity index (χ0v) is 29.1. The van der Waals surface area contributed by atoms with Gasteiger partial charge in [0.2, 0.25) is 0 Å². The van der Waals surface area contributed by atoms with Crippen LogP contribution < -0.4 is 0 Å². The number of pyridine rings is 4. The summed E-state index contributed by atoms with van der Waals surface area (Å²) in [6, 6.07) is 63.8. The molecule has 4 heterocycles. The zero-order valence-electron chi connectivity index (χ0n) is 29.1. The third kappa shape index (κ3) is 5.00. The molecule has 0 fully saturated rings. The molecular weight excluding hydrogens is 657 g/mol. The highest BCUT2D eigenvalue weighted by atomic mass is 14.8. The molecule has 4 heteroatoms. The monoisotopic (exact) mass is 686 g/mol. The van der Waals surface area contributed by atoms with Crippen LogP contribution in [0.2, 0.25) is 0 Å². The normalized spacial score (nSPS) is 11.7. The fourth-order valence-corrected chi connectivity index (χ4v) is 7.87. The molecule has 0 amide bonds. The first-order chi connectivity index (χ1) is 26.7. The molecule has 11 aromatic rings. The molecule has 7 aromatic carbocycles. The van der Waals surface area contributed by atoms with Gasteiger partial charge in [0.1, 0.15) is 0 Å². The minimum Gasteiger partial charge on any atom is -0.245 e. The van der Waals surface area contributed by atoms with Gasteiger partial charge in [-0.3, -0.25) is 0 Å². The van der Waals surface area contributed by atoms with Gasteiger partial charge in [0.05, 0.1) is 44.8 Å².